The summed E-state index contributed by atoms with van der Waals surface area (Å²) in [5.74, 6) is 0.393. The van der Waals surface area contributed by atoms with Crippen LogP contribution in [0.25, 0.3) is 11.4 Å². The van der Waals surface area contributed by atoms with E-state index < -0.39 is 11.9 Å². The van der Waals surface area contributed by atoms with Gasteiger partial charge in [-0.05, 0) is 6.92 Å². The van der Waals surface area contributed by atoms with Gasteiger partial charge in [0, 0.05) is 19.2 Å². The molecule has 1 aromatic carbocycles. The molecule has 0 aliphatic rings. The van der Waals surface area contributed by atoms with E-state index in [9.17, 15) is 9.59 Å². The fourth-order valence-corrected chi connectivity index (χ4v) is 2.61. The molecular weight excluding hydrogens is 326 g/mol. The monoisotopic (exact) mass is 345 g/mol. The van der Waals surface area contributed by atoms with Gasteiger partial charge in [-0.3, -0.25) is 10.1 Å². The summed E-state index contributed by atoms with van der Waals surface area (Å²) >= 11 is 1.22. The SMILES string of the molecule is C=CCNC(=O)NC(=O)CSc1nnc(-c2ccc(C)cc2)n1C. The van der Waals surface area contributed by atoms with Gasteiger partial charge in [0.15, 0.2) is 11.0 Å². The maximum atomic E-state index is 11.7. The van der Waals surface area contributed by atoms with E-state index in [1.54, 1.807) is 0 Å². The number of hydrogen-bond donors (Lipinski definition) is 2. The van der Waals surface area contributed by atoms with Crippen LogP contribution in [-0.4, -0.2) is 39.0 Å². The van der Waals surface area contributed by atoms with Crippen molar-refractivity contribution in [1.29, 1.82) is 0 Å². The summed E-state index contributed by atoms with van der Waals surface area (Å²) < 4.78 is 1.82. The van der Waals surface area contributed by atoms with E-state index >= 15 is 0 Å². The predicted molar refractivity (Wildman–Crippen MR) is 93.6 cm³/mol. The van der Waals surface area contributed by atoms with Gasteiger partial charge >= 0.3 is 6.03 Å². The van der Waals surface area contributed by atoms with Crippen LogP contribution in [0.1, 0.15) is 5.56 Å². The van der Waals surface area contributed by atoms with E-state index in [0.29, 0.717) is 11.7 Å². The van der Waals surface area contributed by atoms with Crippen molar-refractivity contribution >= 4 is 23.7 Å². The lowest BCUT2D eigenvalue weighted by molar-refractivity contribution is -0.117. The van der Waals surface area contributed by atoms with Crippen molar-refractivity contribution in [2.24, 2.45) is 7.05 Å². The lowest BCUT2D eigenvalue weighted by atomic mass is 10.1. The number of imide groups is 1. The number of urea groups is 1. The zero-order chi connectivity index (χ0) is 17.5. The molecule has 0 radical (unpaired) electrons. The van der Waals surface area contributed by atoms with Gasteiger partial charge in [0.1, 0.15) is 0 Å². The molecule has 1 heterocycles. The summed E-state index contributed by atoms with van der Waals surface area (Å²) in [7, 11) is 1.84. The van der Waals surface area contributed by atoms with E-state index in [4.69, 9.17) is 0 Å². The zero-order valence-corrected chi connectivity index (χ0v) is 14.4. The number of benzene rings is 1. The Morgan fingerprint density at radius 1 is 1.29 bits per heavy atom. The summed E-state index contributed by atoms with van der Waals surface area (Å²) in [6.07, 6.45) is 1.53. The normalized spacial score (nSPS) is 10.2. The van der Waals surface area contributed by atoms with Crippen LogP contribution in [0.5, 0.6) is 0 Å². The van der Waals surface area contributed by atoms with Crippen molar-refractivity contribution in [3.63, 3.8) is 0 Å². The third-order valence-corrected chi connectivity index (χ3v) is 4.16. The van der Waals surface area contributed by atoms with Crippen molar-refractivity contribution in [2.45, 2.75) is 12.1 Å². The molecule has 0 spiro atoms. The molecule has 7 nitrogen and oxygen atoms in total. The first-order chi connectivity index (χ1) is 11.5. The van der Waals surface area contributed by atoms with E-state index in [2.05, 4.69) is 27.4 Å². The van der Waals surface area contributed by atoms with Gasteiger partial charge in [-0.2, -0.15) is 0 Å². The second-order valence-corrected chi connectivity index (χ2v) is 6.01. The molecule has 2 N–H and O–H groups in total. The number of nitrogens with zero attached hydrogens (tertiary/aromatic N) is 3. The Bertz CT molecular complexity index is 739. The van der Waals surface area contributed by atoms with Crippen molar-refractivity contribution in [2.75, 3.05) is 12.3 Å². The number of carbonyl (C=O) groups excluding carboxylic acids is 2. The summed E-state index contributed by atoms with van der Waals surface area (Å²) in [4.78, 5) is 23.1. The third kappa shape index (κ3) is 4.69. The highest BCUT2D eigenvalue weighted by Crippen LogP contribution is 2.22. The quantitative estimate of drug-likeness (QED) is 0.616. The van der Waals surface area contributed by atoms with Crippen LogP contribution in [0, 0.1) is 6.92 Å². The van der Waals surface area contributed by atoms with E-state index in [0.717, 1.165) is 11.4 Å². The minimum absolute atomic E-state index is 0.0708. The number of nitrogens with one attached hydrogen (secondary N) is 2. The fourth-order valence-electron chi connectivity index (χ4n) is 1.90. The highest BCUT2D eigenvalue weighted by atomic mass is 32.2. The van der Waals surface area contributed by atoms with Gasteiger partial charge in [-0.25, -0.2) is 4.79 Å². The molecule has 0 saturated carbocycles. The lowest BCUT2D eigenvalue weighted by Crippen LogP contribution is -2.40. The smallest absolute Gasteiger partial charge is 0.321 e. The number of aryl methyl sites for hydroxylation is 1. The first-order valence-corrected chi connectivity index (χ1v) is 8.27. The summed E-state index contributed by atoms with van der Waals surface area (Å²) in [5.41, 5.74) is 2.12. The molecule has 24 heavy (non-hydrogen) atoms. The molecule has 0 fully saturated rings. The Morgan fingerprint density at radius 3 is 2.67 bits per heavy atom. The second kappa shape index (κ2) is 8.30. The van der Waals surface area contributed by atoms with Crippen LogP contribution < -0.4 is 10.6 Å². The average molecular weight is 345 g/mol. The number of hydrogen-bond acceptors (Lipinski definition) is 5. The molecule has 1 aromatic heterocycles. The molecule has 0 aliphatic carbocycles. The standard InChI is InChI=1S/C16H19N5O2S/c1-4-9-17-15(23)18-13(22)10-24-16-20-19-14(21(16)3)12-7-5-11(2)6-8-12/h4-8H,1,9-10H2,2-3H3,(H2,17,18,22,23). The molecule has 2 aromatic rings. The van der Waals surface area contributed by atoms with Gasteiger partial charge < -0.3 is 9.88 Å². The number of carbonyl (C=O) groups is 2. The summed E-state index contributed by atoms with van der Waals surface area (Å²) in [6, 6.07) is 7.42. The summed E-state index contributed by atoms with van der Waals surface area (Å²) in [6.45, 7) is 5.80. The Labute approximate surface area is 144 Å². The number of aromatic nitrogens is 3. The Hall–Kier alpha value is -2.61. The van der Waals surface area contributed by atoms with E-state index in [-0.39, 0.29) is 5.75 Å². The molecule has 3 amide bonds. The predicted octanol–water partition coefficient (Wildman–Crippen LogP) is 1.89. The Balaban J connectivity index is 1.94. The van der Waals surface area contributed by atoms with Crippen molar-refractivity contribution in [3.05, 3.63) is 42.5 Å². The first-order valence-electron chi connectivity index (χ1n) is 7.29. The highest BCUT2D eigenvalue weighted by Gasteiger charge is 2.13. The fraction of sp³-hybridized carbons (Fsp3) is 0.250. The Morgan fingerprint density at radius 2 is 2.00 bits per heavy atom. The number of thioether (sulfide) groups is 1. The van der Waals surface area contributed by atoms with Crippen LogP contribution >= 0.6 is 11.8 Å². The van der Waals surface area contributed by atoms with Crippen LogP contribution in [0.15, 0.2) is 42.1 Å². The molecule has 8 heteroatoms. The molecule has 0 unspecified atom stereocenters. The second-order valence-electron chi connectivity index (χ2n) is 5.07. The van der Waals surface area contributed by atoms with Crippen LogP contribution in [-0.2, 0) is 11.8 Å². The molecule has 126 valence electrons. The average Bonchev–Trinajstić information content (AvgIpc) is 2.92. The van der Waals surface area contributed by atoms with Crippen LogP contribution in [0.4, 0.5) is 4.79 Å². The van der Waals surface area contributed by atoms with Gasteiger partial charge in [0.25, 0.3) is 0 Å². The molecule has 0 saturated heterocycles. The largest absolute Gasteiger partial charge is 0.334 e. The maximum Gasteiger partial charge on any atom is 0.321 e. The Kier molecular flexibility index (Phi) is 6.14. The molecule has 0 aliphatic heterocycles. The maximum absolute atomic E-state index is 11.7. The zero-order valence-electron chi connectivity index (χ0n) is 13.6. The van der Waals surface area contributed by atoms with Gasteiger partial charge in [-0.1, -0.05) is 47.7 Å². The topological polar surface area (TPSA) is 88.9 Å². The van der Waals surface area contributed by atoms with Crippen LogP contribution in [0.2, 0.25) is 0 Å². The molecule has 0 atom stereocenters. The van der Waals surface area contributed by atoms with Crippen molar-refractivity contribution < 1.29 is 9.59 Å². The first kappa shape index (κ1) is 17.7. The highest BCUT2D eigenvalue weighted by molar-refractivity contribution is 7.99. The van der Waals surface area contributed by atoms with Gasteiger partial charge in [0.2, 0.25) is 5.91 Å². The lowest BCUT2D eigenvalue weighted by Gasteiger charge is -2.05. The minimum Gasteiger partial charge on any atom is -0.334 e. The molecular formula is C16H19N5O2S. The van der Waals surface area contributed by atoms with Gasteiger partial charge in [-0.15, -0.1) is 16.8 Å². The number of rotatable bonds is 6. The number of amides is 3. The van der Waals surface area contributed by atoms with Crippen LogP contribution in [0.3, 0.4) is 0 Å². The van der Waals surface area contributed by atoms with Crippen molar-refractivity contribution in [3.8, 4) is 11.4 Å². The van der Waals surface area contributed by atoms with Crippen molar-refractivity contribution in [1.82, 2.24) is 25.4 Å². The van der Waals surface area contributed by atoms with E-state index in [1.165, 1.54) is 23.4 Å². The minimum atomic E-state index is -0.543. The third-order valence-electron chi connectivity index (χ3n) is 3.14. The van der Waals surface area contributed by atoms with Gasteiger partial charge in [0.05, 0.1) is 5.75 Å². The molecule has 0 bridgehead atoms. The molecule has 2 rings (SSSR count). The van der Waals surface area contributed by atoms with E-state index in [1.807, 2.05) is 42.8 Å². The summed E-state index contributed by atoms with van der Waals surface area (Å²) in [5, 5.41) is 13.6.